The number of carbonyl (C=O) groups is 5. The molecule has 0 saturated carbocycles. The minimum atomic E-state index is -1.21. The number of carbonyl (C=O) groups excluding carboxylic acids is 4. The van der Waals surface area contributed by atoms with Crippen molar-refractivity contribution in [1.82, 2.24) is 21.3 Å². The predicted molar refractivity (Wildman–Crippen MR) is 179 cm³/mol. The lowest BCUT2D eigenvalue weighted by molar-refractivity contribution is -0.142. The number of hydrogen-bond acceptors (Lipinski definition) is 7. The van der Waals surface area contributed by atoms with Crippen molar-refractivity contribution in [2.24, 2.45) is 11.7 Å². The number of hydrogen-bond donors (Lipinski definition) is 6. The quantitative estimate of drug-likeness (QED) is 0.132. The summed E-state index contributed by atoms with van der Waals surface area (Å²) in [5, 5.41) is 20.5. The van der Waals surface area contributed by atoms with Crippen molar-refractivity contribution in [2.75, 3.05) is 6.54 Å². The molecule has 2 aromatic carbocycles. The van der Waals surface area contributed by atoms with Crippen LogP contribution in [-0.2, 0) is 36.8 Å². The van der Waals surface area contributed by atoms with Gasteiger partial charge in [-0.3, -0.25) is 14.4 Å². The molecule has 7 N–H and O–H groups in total. The second-order valence-corrected chi connectivity index (χ2v) is 13.1. The molecular weight excluding hydrogens is 602 g/mol. The van der Waals surface area contributed by atoms with Crippen LogP contribution in [0.15, 0.2) is 60.7 Å². The van der Waals surface area contributed by atoms with Crippen molar-refractivity contribution in [3.63, 3.8) is 0 Å². The van der Waals surface area contributed by atoms with Gasteiger partial charge in [-0.2, -0.15) is 0 Å². The molecule has 4 atom stereocenters. The second kappa shape index (κ2) is 19.3. The van der Waals surface area contributed by atoms with E-state index in [2.05, 4.69) is 21.3 Å². The molecule has 0 aliphatic rings. The topological polar surface area (TPSA) is 189 Å². The fourth-order valence-corrected chi connectivity index (χ4v) is 4.78. The van der Waals surface area contributed by atoms with Gasteiger partial charge in [-0.1, -0.05) is 74.5 Å². The number of ether oxygens (including phenoxy) is 1. The molecule has 0 aliphatic heterocycles. The summed E-state index contributed by atoms with van der Waals surface area (Å²) < 4.78 is 5.19. The summed E-state index contributed by atoms with van der Waals surface area (Å²) >= 11 is 0. The van der Waals surface area contributed by atoms with Gasteiger partial charge in [0, 0.05) is 13.0 Å². The zero-order valence-electron chi connectivity index (χ0n) is 28.1. The van der Waals surface area contributed by atoms with Gasteiger partial charge in [0.2, 0.25) is 17.7 Å². The van der Waals surface area contributed by atoms with E-state index in [0.717, 1.165) is 11.1 Å². The highest BCUT2D eigenvalue weighted by molar-refractivity contribution is 5.94. The van der Waals surface area contributed by atoms with Crippen molar-refractivity contribution in [3.8, 4) is 0 Å². The summed E-state index contributed by atoms with van der Waals surface area (Å²) in [7, 11) is 0. The summed E-state index contributed by atoms with van der Waals surface area (Å²) in [6.45, 7) is 9.30. The van der Waals surface area contributed by atoms with E-state index >= 15 is 0 Å². The minimum absolute atomic E-state index is 0.0188. The average molecular weight is 654 g/mol. The van der Waals surface area contributed by atoms with Crippen molar-refractivity contribution in [2.45, 2.75) is 103 Å². The molecule has 47 heavy (non-hydrogen) atoms. The molecule has 12 nitrogen and oxygen atoms in total. The van der Waals surface area contributed by atoms with E-state index in [1.54, 1.807) is 20.8 Å². The van der Waals surface area contributed by atoms with Gasteiger partial charge in [-0.25, -0.2) is 9.59 Å². The van der Waals surface area contributed by atoms with Gasteiger partial charge < -0.3 is 36.8 Å². The second-order valence-electron chi connectivity index (χ2n) is 13.1. The fourth-order valence-electron chi connectivity index (χ4n) is 4.78. The average Bonchev–Trinajstić information content (AvgIpc) is 2.99. The van der Waals surface area contributed by atoms with Crippen LogP contribution < -0.4 is 27.0 Å². The Bertz CT molecular complexity index is 1300. The van der Waals surface area contributed by atoms with Gasteiger partial charge in [-0.05, 0) is 69.9 Å². The number of unbranched alkanes of at least 4 members (excludes halogenated alkanes) is 1. The predicted octanol–water partition coefficient (Wildman–Crippen LogP) is 3.08. The summed E-state index contributed by atoms with van der Waals surface area (Å²) in [5.74, 6) is -2.97. The van der Waals surface area contributed by atoms with Crippen molar-refractivity contribution >= 4 is 29.8 Å². The van der Waals surface area contributed by atoms with Crippen molar-refractivity contribution < 1.29 is 33.8 Å². The summed E-state index contributed by atoms with van der Waals surface area (Å²) in [4.78, 5) is 64.0. The number of nitrogens with one attached hydrogen (secondary N) is 4. The van der Waals surface area contributed by atoms with Gasteiger partial charge in [-0.15, -0.1) is 0 Å². The lowest BCUT2D eigenvalue weighted by Gasteiger charge is -2.26. The summed E-state index contributed by atoms with van der Waals surface area (Å²) in [5.41, 5.74) is 7.23. The van der Waals surface area contributed by atoms with Crippen LogP contribution in [0.1, 0.15) is 71.4 Å². The van der Waals surface area contributed by atoms with E-state index in [0.29, 0.717) is 12.8 Å². The Balaban J connectivity index is 2.08. The van der Waals surface area contributed by atoms with Crippen LogP contribution in [0.2, 0.25) is 0 Å². The van der Waals surface area contributed by atoms with Gasteiger partial charge in [0.15, 0.2) is 0 Å². The Labute approximate surface area is 277 Å². The number of benzene rings is 2. The molecule has 0 spiro atoms. The van der Waals surface area contributed by atoms with E-state index in [4.69, 9.17) is 10.5 Å². The lowest BCUT2D eigenvalue weighted by atomic mass is 10.00. The van der Waals surface area contributed by atoms with E-state index in [-0.39, 0.29) is 38.1 Å². The molecule has 2 rings (SSSR count). The summed E-state index contributed by atoms with van der Waals surface area (Å²) in [6, 6.07) is 14.2. The van der Waals surface area contributed by atoms with E-state index in [1.165, 1.54) is 0 Å². The largest absolute Gasteiger partial charge is 0.480 e. The first-order valence-corrected chi connectivity index (χ1v) is 16.1. The maximum absolute atomic E-state index is 13.7. The number of carboxylic acid groups (broad SMARTS) is 1. The molecule has 12 heteroatoms. The molecule has 0 unspecified atom stereocenters. The molecule has 0 saturated heterocycles. The highest BCUT2D eigenvalue weighted by Crippen LogP contribution is 2.11. The molecule has 4 amide bonds. The molecule has 2 aromatic rings. The molecule has 0 bridgehead atoms. The van der Waals surface area contributed by atoms with Crippen LogP contribution >= 0.6 is 0 Å². The van der Waals surface area contributed by atoms with Gasteiger partial charge in [0.25, 0.3) is 0 Å². The standard InChI is InChI=1S/C35H51N5O7/c1-23(2)20-28(31(42)38-27(33(44)45)18-12-13-19-37-34(46)47-35(3,4)5)40-32(43)29(22-25-16-10-7-11-17-25)39-30(41)26(36)21-24-14-8-6-9-15-24/h6-11,14-17,23,26-29H,12-13,18-22,36H2,1-5H3,(H,37,46)(H,38,42)(H,39,41)(H,40,43)(H,44,45)/t26-,27+,28-,29-/m1/s1. The monoisotopic (exact) mass is 653 g/mol. The van der Waals surface area contributed by atoms with E-state index < -0.39 is 59.6 Å². The Morgan fingerprint density at radius 2 is 1.26 bits per heavy atom. The zero-order chi connectivity index (χ0) is 35.0. The highest BCUT2D eigenvalue weighted by Gasteiger charge is 2.31. The first kappa shape index (κ1) is 38.7. The van der Waals surface area contributed by atoms with Gasteiger partial charge >= 0.3 is 12.1 Å². The molecule has 0 radical (unpaired) electrons. The Morgan fingerprint density at radius 1 is 0.745 bits per heavy atom. The minimum Gasteiger partial charge on any atom is -0.480 e. The molecule has 0 aliphatic carbocycles. The van der Waals surface area contributed by atoms with Crippen LogP contribution in [0.5, 0.6) is 0 Å². The van der Waals surface area contributed by atoms with Crippen molar-refractivity contribution in [1.29, 1.82) is 0 Å². The molecular formula is C35H51N5O7. The number of amides is 4. The lowest BCUT2D eigenvalue weighted by Crippen LogP contribution is -2.58. The fraction of sp³-hybridized carbons (Fsp3) is 0.514. The van der Waals surface area contributed by atoms with Crippen LogP contribution in [-0.4, -0.2) is 71.2 Å². The molecule has 258 valence electrons. The normalized spacial score (nSPS) is 13.9. The van der Waals surface area contributed by atoms with E-state index in [1.807, 2.05) is 74.5 Å². The van der Waals surface area contributed by atoms with Gasteiger partial charge in [0.05, 0.1) is 6.04 Å². The third-order valence-corrected chi connectivity index (χ3v) is 7.09. The maximum atomic E-state index is 13.7. The van der Waals surface area contributed by atoms with Gasteiger partial charge in [0.1, 0.15) is 23.7 Å². The van der Waals surface area contributed by atoms with Crippen LogP contribution in [0.4, 0.5) is 4.79 Å². The third kappa shape index (κ3) is 15.6. The Hall–Kier alpha value is -4.45. The van der Waals surface area contributed by atoms with Crippen LogP contribution in [0, 0.1) is 5.92 Å². The maximum Gasteiger partial charge on any atom is 0.407 e. The molecule has 0 heterocycles. The number of rotatable bonds is 18. The van der Waals surface area contributed by atoms with Crippen LogP contribution in [0.25, 0.3) is 0 Å². The third-order valence-electron chi connectivity index (χ3n) is 7.09. The highest BCUT2D eigenvalue weighted by atomic mass is 16.6. The molecule has 0 fully saturated rings. The van der Waals surface area contributed by atoms with E-state index in [9.17, 15) is 29.1 Å². The number of alkyl carbamates (subject to hydrolysis) is 1. The first-order valence-electron chi connectivity index (χ1n) is 16.1. The number of carboxylic acids is 1. The SMILES string of the molecule is CC(C)C[C@@H](NC(=O)[C@@H](Cc1ccccc1)NC(=O)[C@H](N)Cc1ccccc1)C(=O)N[C@@H](CCCCNC(=O)OC(C)(C)C)C(=O)O. The summed E-state index contributed by atoms with van der Waals surface area (Å²) in [6.07, 6.45) is 1.10. The molecule has 0 aromatic heterocycles. The Morgan fingerprint density at radius 3 is 1.79 bits per heavy atom. The zero-order valence-corrected chi connectivity index (χ0v) is 28.1. The first-order chi connectivity index (χ1) is 22.1. The number of aliphatic carboxylic acids is 1. The van der Waals surface area contributed by atoms with Crippen LogP contribution in [0.3, 0.4) is 0 Å². The Kier molecular flexibility index (Phi) is 15.9. The smallest absolute Gasteiger partial charge is 0.407 e. The number of nitrogens with two attached hydrogens (primary N) is 1. The van der Waals surface area contributed by atoms with Crippen molar-refractivity contribution in [3.05, 3.63) is 71.8 Å².